The number of amides is 3. The normalized spacial score (nSPS) is 22.0. The molecule has 7 nitrogen and oxygen atoms in total. The number of allylic oxidation sites excluding steroid dienone is 6. The number of hydrogen-bond acceptors (Lipinski definition) is 4. The monoisotopic (exact) mass is 648 g/mol. The minimum atomic E-state index is -0.725. The van der Waals surface area contributed by atoms with Crippen molar-refractivity contribution in [3.63, 3.8) is 0 Å². The third kappa shape index (κ3) is 7.26. The Balaban J connectivity index is 1.42. The van der Waals surface area contributed by atoms with Crippen LogP contribution in [0.3, 0.4) is 0 Å². The first-order chi connectivity index (χ1) is 23.0. The fourth-order valence-electron chi connectivity index (χ4n) is 7.49. The first-order valence-electron chi connectivity index (χ1n) is 17.4. The van der Waals surface area contributed by atoms with Gasteiger partial charge in [0.25, 0.3) is 0 Å². The summed E-state index contributed by atoms with van der Waals surface area (Å²) in [5.41, 5.74) is 7.17. The number of benzene rings is 2. The molecule has 3 aliphatic rings. The first kappa shape index (κ1) is 35.1. The van der Waals surface area contributed by atoms with E-state index in [0.29, 0.717) is 19.5 Å². The fourth-order valence-corrected chi connectivity index (χ4v) is 7.49. The van der Waals surface area contributed by atoms with Crippen molar-refractivity contribution in [3.8, 4) is 0 Å². The lowest BCUT2D eigenvalue weighted by molar-refractivity contribution is -0.155. The number of carbonyl (C=O) groups excluding carboxylic acids is 3. The van der Waals surface area contributed by atoms with Crippen molar-refractivity contribution in [1.29, 1.82) is 0 Å². The van der Waals surface area contributed by atoms with Gasteiger partial charge in [-0.15, -0.1) is 0 Å². The SMILES string of the molecule is CC(C)=CCC/C(C)=C/CNCC(=O)N1c2ccccc2[C@]2(c3ccccc3)C[C@@H]3C(=O)N(C/C=C(\C)CCC=C(C)C)CC(=O)N3[C@H]12. The molecule has 7 heteroatoms. The van der Waals surface area contributed by atoms with Gasteiger partial charge in [0, 0.05) is 13.1 Å². The molecule has 3 heterocycles. The molecule has 254 valence electrons. The van der Waals surface area contributed by atoms with Crippen LogP contribution in [0.25, 0.3) is 0 Å². The number of carbonyl (C=O) groups is 3. The van der Waals surface area contributed by atoms with E-state index >= 15 is 0 Å². The van der Waals surface area contributed by atoms with Crippen LogP contribution in [0.5, 0.6) is 0 Å². The molecular weight excluding hydrogens is 596 g/mol. The molecule has 0 spiro atoms. The predicted molar refractivity (Wildman–Crippen MR) is 194 cm³/mol. The van der Waals surface area contributed by atoms with Gasteiger partial charge in [0.05, 0.1) is 17.6 Å². The molecule has 0 bridgehead atoms. The van der Waals surface area contributed by atoms with Crippen LogP contribution in [0.15, 0.2) is 101 Å². The van der Waals surface area contributed by atoms with Gasteiger partial charge in [-0.3, -0.25) is 19.3 Å². The van der Waals surface area contributed by atoms with E-state index in [0.717, 1.165) is 42.5 Å². The van der Waals surface area contributed by atoms with Crippen LogP contribution in [-0.2, 0) is 19.8 Å². The van der Waals surface area contributed by atoms with Crippen LogP contribution in [0, 0.1) is 0 Å². The van der Waals surface area contributed by atoms with E-state index in [1.807, 2.05) is 36.4 Å². The van der Waals surface area contributed by atoms with E-state index in [2.05, 4.69) is 89.4 Å². The minimum Gasteiger partial charge on any atom is -0.328 e. The Morgan fingerprint density at radius 2 is 1.46 bits per heavy atom. The van der Waals surface area contributed by atoms with Gasteiger partial charge < -0.3 is 15.1 Å². The van der Waals surface area contributed by atoms with E-state index in [9.17, 15) is 14.4 Å². The summed E-state index contributed by atoms with van der Waals surface area (Å²) in [5.74, 6) is -0.282. The fraction of sp³-hybridized carbons (Fsp3) is 0.439. The average molecular weight is 649 g/mol. The van der Waals surface area contributed by atoms with Crippen molar-refractivity contribution >= 4 is 23.4 Å². The molecule has 0 aliphatic carbocycles. The summed E-state index contributed by atoms with van der Waals surface area (Å²) in [6.07, 6.45) is 12.3. The predicted octanol–water partition coefficient (Wildman–Crippen LogP) is 7.06. The molecule has 3 amide bonds. The third-order valence-electron chi connectivity index (χ3n) is 9.93. The van der Waals surface area contributed by atoms with Gasteiger partial charge in [-0.25, -0.2) is 0 Å². The minimum absolute atomic E-state index is 0.00188. The van der Waals surface area contributed by atoms with Gasteiger partial charge >= 0.3 is 0 Å². The van der Waals surface area contributed by atoms with Gasteiger partial charge in [-0.2, -0.15) is 0 Å². The molecule has 5 rings (SSSR count). The largest absolute Gasteiger partial charge is 0.328 e. The Bertz CT molecular complexity index is 1630. The summed E-state index contributed by atoms with van der Waals surface area (Å²) >= 11 is 0. The second kappa shape index (κ2) is 15.3. The molecule has 48 heavy (non-hydrogen) atoms. The molecule has 3 aliphatic heterocycles. The molecule has 1 N–H and O–H groups in total. The number of nitrogens with zero attached hydrogens (tertiary/aromatic N) is 3. The Labute approximate surface area is 287 Å². The first-order valence-corrected chi connectivity index (χ1v) is 17.4. The second-order valence-corrected chi connectivity index (χ2v) is 14.1. The third-order valence-corrected chi connectivity index (χ3v) is 9.93. The standard InChI is InChI=1S/C41H52N4O3/c1-29(2)14-12-16-31(5)22-24-42-27-37(46)44-35-21-11-10-20-34(35)41(33-18-8-7-9-19-33)26-36-39(48)43(28-38(47)45(36)40(41)44)25-23-32(6)17-13-15-30(3)4/h7-11,14-15,18-23,36,40,42H,12-13,16-17,24-28H2,1-6H3/b31-22+,32-23+/t36-,40+,41-/m1/s1. The van der Waals surface area contributed by atoms with Crippen LogP contribution >= 0.6 is 0 Å². The van der Waals surface area contributed by atoms with Gasteiger partial charge in [0.2, 0.25) is 17.7 Å². The van der Waals surface area contributed by atoms with Crippen LogP contribution in [-0.4, -0.2) is 65.9 Å². The summed E-state index contributed by atoms with van der Waals surface area (Å²) in [4.78, 5) is 47.8. The quantitative estimate of drug-likeness (QED) is 0.186. The molecule has 2 aromatic carbocycles. The van der Waals surface area contributed by atoms with Crippen molar-refractivity contribution in [2.75, 3.05) is 31.1 Å². The van der Waals surface area contributed by atoms with Gasteiger partial charge in [-0.05, 0) is 90.8 Å². The van der Waals surface area contributed by atoms with Crippen LogP contribution in [0.4, 0.5) is 5.69 Å². The number of hydrogen-bond donors (Lipinski definition) is 1. The number of para-hydroxylation sites is 1. The molecule has 2 fully saturated rings. The second-order valence-electron chi connectivity index (χ2n) is 14.1. The van der Waals surface area contributed by atoms with Crippen molar-refractivity contribution in [2.24, 2.45) is 0 Å². The van der Waals surface area contributed by atoms with Crippen molar-refractivity contribution in [1.82, 2.24) is 15.1 Å². The Morgan fingerprint density at radius 1 is 0.833 bits per heavy atom. The highest BCUT2D eigenvalue weighted by atomic mass is 16.2. The summed E-state index contributed by atoms with van der Waals surface area (Å²) in [5, 5.41) is 3.33. The molecule has 2 saturated heterocycles. The van der Waals surface area contributed by atoms with E-state index < -0.39 is 17.6 Å². The molecule has 0 saturated carbocycles. The lowest BCUT2D eigenvalue weighted by Gasteiger charge is -2.42. The van der Waals surface area contributed by atoms with Crippen LogP contribution in [0.2, 0.25) is 0 Å². The van der Waals surface area contributed by atoms with Crippen molar-refractivity contribution < 1.29 is 14.4 Å². The Morgan fingerprint density at radius 3 is 2.12 bits per heavy atom. The maximum atomic E-state index is 14.2. The maximum absolute atomic E-state index is 14.2. The van der Waals surface area contributed by atoms with Crippen LogP contribution in [0.1, 0.15) is 84.8 Å². The highest BCUT2D eigenvalue weighted by Crippen LogP contribution is 2.58. The zero-order chi connectivity index (χ0) is 34.4. The number of nitrogens with one attached hydrogen (secondary N) is 1. The molecule has 0 radical (unpaired) electrons. The molecule has 0 unspecified atom stereocenters. The van der Waals surface area contributed by atoms with E-state index in [1.54, 1.807) is 14.7 Å². The highest BCUT2D eigenvalue weighted by molar-refractivity contribution is 6.03. The zero-order valence-electron chi connectivity index (χ0n) is 29.6. The lowest BCUT2D eigenvalue weighted by Crippen LogP contribution is -2.63. The lowest BCUT2D eigenvalue weighted by atomic mass is 9.72. The van der Waals surface area contributed by atoms with Crippen molar-refractivity contribution in [3.05, 3.63) is 112 Å². The van der Waals surface area contributed by atoms with Crippen LogP contribution < -0.4 is 10.2 Å². The Kier molecular flexibility index (Phi) is 11.2. The molecule has 2 aromatic rings. The molecular formula is C41H52N4O3. The van der Waals surface area contributed by atoms with Gasteiger partial charge in [-0.1, -0.05) is 95.1 Å². The summed E-state index contributed by atoms with van der Waals surface area (Å²) < 4.78 is 0. The number of rotatable bonds is 13. The number of piperazine rings is 1. The highest BCUT2D eigenvalue weighted by Gasteiger charge is 2.66. The molecule has 0 aromatic heterocycles. The van der Waals surface area contributed by atoms with E-state index in [4.69, 9.17) is 0 Å². The summed E-state index contributed by atoms with van der Waals surface area (Å²) in [6.45, 7) is 13.7. The summed E-state index contributed by atoms with van der Waals surface area (Å²) in [7, 11) is 0. The Hall–Kier alpha value is -4.23. The maximum Gasteiger partial charge on any atom is 0.246 e. The van der Waals surface area contributed by atoms with Crippen molar-refractivity contribution in [2.45, 2.75) is 91.3 Å². The van der Waals surface area contributed by atoms with Gasteiger partial charge in [0.1, 0.15) is 18.8 Å². The smallest absolute Gasteiger partial charge is 0.246 e. The molecule has 3 atom stereocenters. The number of fused-ring (bicyclic) bond motifs is 5. The summed E-state index contributed by atoms with van der Waals surface area (Å²) in [6, 6.07) is 17.4. The number of anilines is 1. The van der Waals surface area contributed by atoms with E-state index in [-0.39, 0.29) is 30.8 Å². The topological polar surface area (TPSA) is 73.0 Å². The van der Waals surface area contributed by atoms with Gasteiger partial charge in [0.15, 0.2) is 0 Å². The van der Waals surface area contributed by atoms with E-state index in [1.165, 1.54) is 22.3 Å². The average Bonchev–Trinajstić information content (AvgIpc) is 3.56. The zero-order valence-corrected chi connectivity index (χ0v) is 29.6.